The summed E-state index contributed by atoms with van der Waals surface area (Å²) in [6, 6.07) is 13.0. The molecule has 2 rings (SSSR count). The highest BCUT2D eigenvalue weighted by Gasteiger charge is 2.25. The van der Waals surface area contributed by atoms with Crippen LogP contribution in [0.5, 0.6) is 0 Å². The number of hydrogen-bond acceptors (Lipinski definition) is 4. The van der Waals surface area contributed by atoms with Crippen LogP contribution in [0.2, 0.25) is 0 Å². The van der Waals surface area contributed by atoms with Gasteiger partial charge in [-0.2, -0.15) is 0 Å². The summed E-state index contributed by atoms with van der Waals surface area (Å²) in [6.07, 6.45) is -1.27. The van der Waals surface area contributed by atoms with E-state index in [1.807, 2.05) is 24.3 Å². The van der Waals surface area contributed by atoms with Gasteiger partial charge in [0.05, 0.1) is 11.8 Å². The molecule has 6 nitrogen and oxygen atoms in total. The molecule has 164 valence electrons. The Morgan fingerprint density at radius 2 is 1.60 bits per heavy atom. The molecule has 10 heteroatoms. The second kappa shape index (κ2) is 11.1. The average Bonchev–Trinajstić information content (AvgIpc) is 2.76. The lowest BCUT2D eigenvalue weighted by Crippen LogP contribution is -2.43. The fourth-order valence-corrected chi connectivity index (χ4v) is 3.38. The lowest BCUT2D eigenvalue weighted by molar-refractivity contribution is -0.121. The minimum absolute atomic E-state index is 0.0224. The highest BCUT2D eigenvalue weighted by molar-refractivity contribution is 7.89. The molecule has 0 aromatic heterocycles. The van der Waals surface area contributed by atoms with Gasteiger partial charge in [0.1, 0.15) is 12.8 Å². The van der Waals surface area contributed by atoms with Crippen molar-refractivity contribution in [3.63, 3.8) is 0 Å². The number of benzene rings is 2. The van der Waals surface area contributed by atoms with Crippen LogP contribution in [0.1, 0.15) is 24.2 Å². The van der Waals surface area contributed by atoms with E-state index in [4.69, 9.17) is 23.2 Å². The molecule has 0 unspecified atom stereocenters. The fraction of sp³-hybridized carbons (Fsp3) is 0.350. The van der Waals surface area contributed by atoms with E-state index in [2.05, 4.69) is 10.0 Å². The smallest absolute Gasteiger partial charge is 0.253 e. The summed E-state index contributed by atoms with van der Waals surface area (Å²) < 4.78 is 38.8. The molecule has 2 aromatic rings. The summed E-state index contributed by atoms with van der Waals surface area (Å²) in [6.45, 7) is 0.796. The van der Waals surface area contributed by atoms with Crippen LogP contribution in [-0.2, 0) is 21.4 Å². The predicted octanol–water partition coefficient (Wildman–Crippen LogP) is 3.08. The van der Waals surface area contributed by atoms with Crippen LogP contribution >= 0.6 is 23.2 Å². The molecule has 0 radical (unpaired) electrons. The van der Waals surface area contributed by atoms with E-state index in [0.717, 1.165) is 16.7 Å². The highest BCUT2D eigenvalue weighted by atomic mass is 35.5. The molecule has 2 atom stereocenters. The third kappa shape index (κ3) is 6.92. The summed E-state index contributed by atoms with van der Waals surface area (Å²) in [5.74, 6) is -0.757. The Hall–Kier alpha value is -1.71. The molecular formula is C20H23Cl2FN2O4S. The lowest BCUT2D eigenvalue weighted by atomic mass is 9.98. The molecule has 0 aliphatic carbocycles. The zero-order valence-electron chi connectivity index (χ0n) is 16.2. The van der Waals surface area contributed by atoms with Gasteiger partial charge in [0.15, 0.2) is 4.84 Å². The van der Waals surface area contributed by atoms with Gasteiger partial charge in [0, 0.05) is 6.54 Å². The zero-order valence-corrected chi connectivity index (χ0v) is 18.5. The van der Waals surface area contributed by atoms with Gasteiger partial charge < -0.3 is 10.4 Å². The molecule has 0 saturated heterocycles. The minimum atomic E-state index is -3.26. The van der Waals surface area contributed by atoms with Gasteiger partial charge in [0.25, 0.3) is 5.91 Å². The Bertz CT molecular complexity index is 938. The normalized spacial score (nSPS) is 13.8. The first kappa shape index (κ1) is 24.6. The summed E-state index contributed by atoms with van der Waals surface area (Å²) in [7, 11) is -3.26. The van der Waals surface area contributed by atoms with Gasteiger partial charge in [-0.3, -0.25) is 4.79 Å². The van der Waals surface area contributed by atoms with E-state index in [9.17, 15) is 22.7 Å². The molecule has 1 amide bonds. The summed E-state index contributed by atoms with van der Waals surface area (Å²) >= 11 is 10.9. The fourth-order valence-electron chi connectivity index (χ4n) is 2.66. The molecule has 0 aliphatic heterocycles. The van der Waals surface area contributed by atoms with E-state index < -0.39 is 39.6 Å². The Labute approximate surface area is 185 Å². The van der Waals surface area contributed by atoms with Crippen molar-refractivity contribution in [3.8, 4) is 11.1 Å². The van der Waals surface area contributed by atoms with Crippen LogP contribution in [0.25, 0.3) is 11.1 Å². The van der Waals surface area contributed by atoms with E-state index in [0.29, 0.717) is 5.56 Å². The Kier molecular flexibility index (Phi) is 9.06. The van der Waals surface area contributed by atoms with Gasteiger partial charge >= 0.3 is 0 Å². The van der Waals surface area contributed by atoms with Gasteiger partial charge in [-0.05, 0) is 29.2 Å². The molecule has 3 N–H and O–H groups in total. The van der Waals surface area contributed by atoms with Crippen LogP contribution in [0, 0.1) is 0 Å². The van der Waals surface area contributed by atoms with E-state index in [-0.39, 0.29) is 12.3 Å². The maximum absolute atomic E-state index is 13.3. The largest absolute Gasteiger partial charge is 0.386 e. The van der Waals surface area contributed by atoms with Crippen molar-refractivity contribution in [1.29, 1.82) is 0 Å². The predicted molar refractivity (Wildman–Crippen MR) is 117 cm³/mol. The molecule has 0 bridgehead atoms. The molecule has 0 saturated carbocycles. The van der Waals surface area contributed by atoms with Crippen LogP contribution in [0.4, 0.5) is 4.39 Å². The van der Waals surface area contributed by atoms with E-state index >= 15 is 0 Å². The maximum Gasteiger partial charge on any atom is 0.253 e. The zero-order chi connectivity index (χ0) is 22.3. The minimum Gasteiger partial charge on any atom is -0.386 e. The molecule has 0 spiro atoms. The van der Waals surface area contributed by atoms with Crippen molar-refractivity contribution < 1.29 is 22.7 Å². The highest BCUT2D eigenvalue weighted by Crippen LogP contribution is 2.24. The standard InChI is InChI=1S/C20H23Cl2FN2O4S/c1-2-30(28,29)24-12-13-3-5-14(6-4-13)15-7-9-16(10-8-15)18(26)17(11-23)25-20(27)19(21)22/h3-10,17-19,24,26H,2,11-12H2,1H3,(H,25,27)/t17-,18-/m1/s1. The van der Waals surface area contributed by atoms with Crippen molar-refractivity contribution in [2.24, 2.45) is 0 Å². The summed E-state index contributed by atoms with van der Waals surface area (Å²) in [5, 5.41) is 12.6. The van der Waals surface area contributed by atoms with Crippen LogP contribution in [-0.4, -0.2) is 42.7 Å². The van der Waals surface area contributed by atoms with Crippen molar-refractivity contribution in [2.75, 3.05) is 12.4 Å². The Morgan fingerprint density at radius 3 is 2.07 bits per heavy atom. The second-order valence-electron chi connectivity index (χ2n) is 6.56. The second-order valence-corrected chi connectivity index (χ2v) is 9.75. The molecule has 0 heterocycles. The number of aliphatic hydroxyl groups is 1. The van der Waals surface area contributed by atoms with Crippen LogP contribution < -0.4 is 10.0 Å². The first-order valence-corrected chi connectivity index (χ1v) is 11.7. The average molecular weight is 477 g/mol. The van der Waals surface area contributed by atoms with E-state index in [1.165, 1.54) is 0 Å². The molecule has 2 aromatic carbocycles. The van der Waals surface area contributed by atoms with Crippen LogP contribution in [0.15, 0.2) is 48.5 Å². The summed E-state index contributed by atoms with van der Waals surface area (Å²) in [4.78, 5) is 10.2. The third-order valence-corrected chi connectivity index (χ3v) is 6.23. The lowest BCUT2D eigenvalue weighted by Gasteiger charge is -2.22. The summed E-state index contributed by atoms with van der Waals surface area (Å²) in [5.41, 5.74) is 2.99. The topological polar surface area (TPSA) is 95.5 Å². The Balaban J connectivity index is 2.06. The number of alkyl halides is 3. The van der Waals surface area contributed by atoms with Crippen molar-refractivity contribution >= 4 is 39.1 Å². The molecular weight excluding hydrogens is 454 g/mol. The van der Waals surface area contributed by atoms with Gasteiger partial charge in [-0.25, -0.2) is 17.5 Å². The Morgan fingerprint density at radius 1 is 1.07 bits per heavy atom. The number of nitrogens with one attached hydrogen (secondary N) is 2. The molecule has 0 fully saturated rings. The van der Waals surface area contributed by atoms with Gasteiger partial charge in [-0.15, -0.1) is 0 Å². The van der Waals surface area contributed by atoms with Crippen molar-refractivity contribution in [2.45, 2.75) is 30.5 Å². The maximum atomic E-state index is 13.3. The number of carbonyl (C=O) groups is 1. The number of rotatable bonds is 10. The third-order valence-electron chi connectivity index (χ3n) is 4.49. The van der Waals surface area contributed by atoms with E-state index in [1.54, 1.807) is 31.2 Å². The SMILES string of the molecule is CCS(=O)(=O)NCc1ccc(-c2ccc([C@@H](O)[C@@H](CF)NC(=O)C(Cl)Cl)cc2)cc1. The molecule has 0 aliphatic rings. The van der Waals surface area contributed by atoms with Crippen LogP contribution in [0.3, 0.4) is 0 Å². The first-order valence-electron chi connectivity index (χ1n) is 9.16. The number of carbonyl (C=O) groups excluding carboxylic acids is 1. The first-order chi connectivity index (χ1) is 14.2. The number of hydrogen-bond donors (Lipinski definition) is 3. The van der Waals surface area contributed by atoms with Crippen molar-refractivity contribution in [1.82, 2.24) is 10.0 Å². The number of amides is 1. The molecule has 30 heavy (non-hydrogen) atoms. The number of aliphatic hydroxyl groups excluding tert-OH is 1. The number of sulfonamides is 1. The van der Waals surface area contributed by atoms with Crippen molar-refractivity contribution in [3.05, 3.63) is 59.7 Å². The quantitative estimate of drug-likeness (QED) is 0.459. The monoisotopic (exact) mass is 476 g/mol. The van der Waals surface area contributed by atoms with Gasteiger partial charge in [0.2, 0.25) is 10.0 Å². The number of halogens is 3. The van der Waals surface area contributed by atoms with Gasteiger partial charge in [-0.1, -0.05) is 71.7 Å².